The third kappa shape index (κ3) is 26.2. The number of hydrogen-bond acceptors (Lipinski definition) is 11. The van der Waals surface area contributed by atoms with Crippen LogP contribution in [-0.4, -0.2) is 87.5 Å². The predicted octanol–water partition coefficient (Wildman–Crippen LogP) is 3.49. The molecule has 39 heavy (non-hydrogen) atoms. The van der Waals surface area contributed by atoms with Crippen molar-refractivity contribution in [2.24, 2.45) is 0 Å². The maximum Gasteiger partial charge on any atom is 0.328 e. The highest BCUT2D eigenvalue weighted by Gasteiger charge is 2.16. The molecule has 0 amide bonds. The summed E-state index contributed by atoms with van der Waals surface area (Å²) in [6, 6.07) is 0. The van der Waals surface area contributed by atoms with Crippen LogP contribution in [0.2, 0.25) is 0 Å². The van der Waals surface area contributed by atoms with Crippen molar-refractivity contribution in [3.63, 3.8) is 0 Å². The second-order valence-corrected chi connectivity index (χ2v) is 9.75. The highest BCUT2D eigenvalue weighted by molar-refractivity contribution is 5.70. The van der Waals surface area contributed by atoms with Crippen LogP contribution in [0.5, 0.6) is 0 Å². The number of hydroxylamine groups is 2. The van der Waals surface area contributed by atoms with Crippen molar-refractivity contribution in [3.05, 3.63) is 0 Å². The van der Waals surface area contributed by atoms with Gasteiger partial charge in [-0.15, -0.1) is 0 Å². The number of hydrogen-bond donors (Lipinski definition) is 3. The highest BCUT2D eigenvalue weighted by Crippen LogP contribution is 2.10. The molecule has 0 aliphatic carbocycles. The minimum atomic E-state index is -0.466. The van der Waals surface area contributed by atoms with E-state index in [9.17, 15) is 14.4 Å². The van der Waals surface area contributed by atoms with Crippen LogP contribution in [0.3, 0.4) is 0 Å². The molecule has 0 unspecified atom stereocenters. The Hall–Kier alpha value is -1.79. The van der Waals surface area contributed by atoms with Gasteiger partial charge >= 0.3 is 17.9 Å². The van der Waals surface area contributed by atoms with E-state index in [1.165, 1.54) is 57.8 Å². The van der Waals surface area contributed by atoms with Crippen molar-refractivity contribution in [3.8, 4) is 0 Å². The summed E-state index contributed by atoms with van der Waals surface area (Å²) < 4.78 is 5.24. The lowest BCUT2D eigenvalue weighted by Gasteiger charge is -2.22. The van der Waals surface area contributed by atoms with E-state index in [1.807, 2.05) is 11.9 Å². The number of nitrogens with zero attached hydrogens (tertiary/aromatic N) is 2. The Labute approximate surface area is 236 Å². The van der Waals surface area contributed by atoms with Gasteiger partial charge in [0.15, 0.2) is 0 Å². The van der Waals surface area contributed by atoms with Gasteiger partial charge in [-0.25, -0.2) is 0 Å². The van der Waals surface area contributed by atoms with E-state index in [2.05, 4.69) is 23.1 Å². The van der Waals surface area contributed by atoms with Crippen LogP contribution in [0.4, 0.5) is 0 Å². The fraction of sp³-hybridized carbons (Fsp3) is 0.893. The number of esters is 1. The Bertz CT molecular complexity index is 593. The zero-order valence-electron chi connectivity index (χ0n) is 25.2. The Morgan fingerprint density at radius 1 is 0.615 bits per heavy atom. The van der Waals surface area contributed by atoms with E-state index >= 15 is 0 Å². The van der Waals surface area contributed by atoms with Gasteiger partial charge in [0.2, 0.25) is 0 Å². The zero-order valence-corrected chi connectivity index (χ0v) is 25.2. The minimum absolute atomic E-state index is 0.190. The average molecular weight is 560 g/mol. The maximum atomic E-state index is 11.9. The standard InChI is InChI=1S/C28H57N5O6/c1-5-8-9-10-11-12-13-14-15-16-18-30-31-21-25-37-28(36)17-19-29-20-22-32(4)23-24-33(38-26(34)6-2)39-27(35)7-3/h29-31H,5-25H2,1-4H3. The second kappa shape index (κ2) is 27.8. The lowest BCUT2D eigenvalue weighted by Crippen LogP contribution is -2.38. The number of nitrogens with one attached hydrogen (secondary N) is 3. The van der Waals surface area contributed by atoms with Gasteiger partial charge in [-0.1, -0.05) is 78.6 Å². The molecular formula is C28H57N5O6. The molecule has 0 saturated heterocycles. The molecule has 0 radical (unpaired) electrons. The largest absolute Gasteiger partial charge is 0.464 e. The van der Waals surface area contributed by atoms with Gasteiger partial charge in [0.05, 0.1) is 13.0 Å². The molecule has 3 N–H and O–H groups in total. The molecule has 0 rings (SSSR count). The predicted molar refractivity (Wildman–Crippen MR) is 153 cm³/mol. The summed E-state index contributed by atoms with van der Waals surface area (Å²) in [5.41, 5.74) is 6.29. The first-order valence-corrected chi connectivity index (χ1v) is 15.1. The Kier molecular flexibility index (Phi) is 26.5. The van der Waals surface area contributed by atoms with Crippen LogP contribution in [-0.2, 0) is 28.8 Å². The number of hydrazine groups is 1. The topological polar surface area (TPSA) is 121 Å². The third-order valence-corrected chi connectivity index (χ3v) is 6.10. The molecule has 0 aliphatic heterocycles. The molecule has 0 aromatic rings. The van der Waals surface area contributed by atoms with Crippen molar-refractivity contribution < 1.29 is 28.8 Å². The van der Waals surface area contributed by atoms with Gasteiger partial charge in [-0.3, -0.25) is 25.2 Å². The molecule has 11 heteroatoms. The molecule has 0 fully saturated rings. The van der Waals surface area contributed by atoms with Gasteiger partial charge in [0.1, 0.15) is 6.61 Å². The summed E-state index contributed by atoms with van der Waals surface area (Å²) in [6.07, 6.45) is 14.0. The number of ether oxygens (including phenoxy) is 1. The van der Waals surface area contributed by atoms with E-state index in [0.29, 0.717) is 45.8 Å². The first-order valence-electron chi connectivity index (χ1n) is 15.1. The molecule has 0 aromatic heterocycles. The van der Waals surface area contributed by atoms with Crippen molar-refractivity contribution >= 4 is 17.9 Å². The zero-order chi connectivity index (χ0) is 29.0. The van der Waals surface area contributed by atoms with Gasteiger partial charge in [0.25, 0.3) is 0 Å². The SMILES string of the molecule is CCCCCCCCCCCCNNCCOC(=O)CCNCCN(C)CCN(OC(=O)CC)OC(=O)CC. The van der Waals surface area contributed by atoms with Crippen LogP contribution < -0.4 is 16.2 Å². The molecule has 0 atom stereocenters. The van der Waals surface area contributed by atoms with Crippen LogP contribution in [0.25, 0.3) is 0 Å². The second-order valence-electron chi connectivity index (χ2n) is 9.75. The van der Waals surface area contributed by atoms with Crippen molar-refractivity contribution in [1.29, 1.82) is 0 Å². The molecule has 0 aliphatic rings. The fourth-order valence-electron chi connectivity index (χ4n) is 3.58. The lowest BCUT2D eigenvalue weighted by atomic mass is 10.1. The summed E-state index contributed by atoms with van der Waals surface area (Å²) in [4.78, 5) is 47.0. The van der Waals surface area contributed by atoms with Gasteiger partial charge in [0, 0.05) is 57.3 Å². The molecule has 0 spiro atoms. The molecular weight excluding hydrogens is 502 g/mol. The third-order valence-electron chi connectivity index (χ3n) is 6.10. The summed E-state index contributed by atoms with van der Waals surface area (Å²) in [5.74, 6) is -1.16. The van der Waals surface area contributed by atoms with E-state index in [-0.39, 0.29) is 25.4 Å². The average Bonchev–Trinajstić information content (AvgIpc) is 2.93. The Balaban J connectivity index is 3.58. The van der Waals surface area contributed by atoms with Crippen molar-refractivity contribution in [2.75, 3.05) is 59.5 Å². The summed E-state index contributed by atoms with van der Waals surface area (Å²) in [7, 11) is 1.91. The van der Waals surface area contributed by atoms with E-state index in [1.54, 1.807) is 13.8 Å². The molecule has 0 aromatic carbocycles. The van der Waals surface area contributed by atoms with Gasteiger partial charge < -0.3 is 24.6 Å². The molecule has 0 heterocycles. The molecule has 0 bridgehead atoms. The quantitative estimate of drug-likeness (QED) is 0.0742. The number of unbranched alkanes of at least 4 members (excludes halogenated alkanes) is 9. The normalized spacial score (nSPS) is 11.2. The number of rotatable bonds is 28. The Morgan fingerprint density at radius 2 is 1.18 bits per heavy atom. The van der Waals surface area contributed by atoms with Crippen molar-refractivity contribution in [1.82, 2.24) is 26.3 Å². The number of carbonyl (C=O) groups excluding carboxylic acids is 3. The van der Waals surface area contributed by atoms with Crippen LogP contribution in [0.1, 0.15) is 104 Å². The molecule has 230 valence electrons. The first-order chi connectivity index (χ1) is 18.9. The van der Waals surface area contributed by atoms with Crippen molar-refractivity contribution in [2.45, 2.75) is 104 Å². The minimum Gasteiger partial charge on any atom is -0.464 e. The lowest BCUT2D eigenvalue weighted by molar-refractivity contribution is -0.325. The van der Waals surface area contributed by atoms with E-state index in [4.69, 9.17) is 14.4 Å². The monoisotopic (exact) mass is 559 g/mol. The van der Waals surface area contributed by atoms with Crippen LogP contribution in [0, 0.1) is 0 Å². The molecule has 0 saturated carbocycles. The molecule has 11 nitrogen and oxygen atoms in total. The smallest absolute Gasteiger partial charge is 0.328 e. The van der Waals surface area contributed by atoms with Gasteiger partial charge in [-0.2, -0.15) is 0 Å². The number of carbonyl (C=O) groups is 3. The van der Waals surface area contributed by atoms with Crippen LogP contribution >= 0.6 is 0 Å². The highest BCUT2D eigenvalue weighted by atomic mass is 17.0. The van der Waals surface area contributed by atoms with Gasteiger partial charge in [-0.05, 0) is 13.5 Å². The maximum absolute atomic E-state index is 11.9. The number of likely N-dealkylation sites (N-methyl/N-ethyl adjacent to an activating group) is 1. The summed E-state index contributed by atoms with van der Waals surface area (Å²) in [5, 5.41) is 4.16. The van der Waals surface area contributed by atoms with E-state index in [0.717, 1.165) is 18.2 Å². The Morgan fingerprint density at radius 3 is 1.77 bits per heavy atom. The first kappa shape index (κ1) is 37.2. The fourth-order valence-corrected chi connectivity index (χ4v) is 3.58. The van der Waals surface area contributed by atoms with E-state index < -0.39 is 11.9 Å². The van der Waals surface area contributed by atoms with Crippen LogP contribution in [0.15, 0.2) is 0 Å². The summed E-state index contributed by atoms with van der Waals surface area (Å²) >= 11 is 0. The summed E-state index contributed by atoms with van der Waals surface area (Å²) in [6.45, 7) is 10.1.